The fraction of sp³-hybridized carbons (Fsp3) is 0.278. The van der Waals surface area contributed by atoms with Crippen molar-refractivity contribution in [1.29, 1.82) is 0 Å². The minimum atomic E-state index is -0.489. The number of nitro groups is 1. The molecule has 0 unspecified atom stereocenters. The van der Waals surface area contributed by atoms with Gasteiger partial charge in [0.1, 0.15) is 4.83 Å². The van der Waals surface area contributed by atoms with Crippen molar-refractivity contribution >= 4 is 38.8 Å². The van der Waals surface area contributed by atoms with Gasteiger partial charge in [-0.05, 0) is 32.4 Å². The van der Waals surface area contributed by atoms with Crippen LogP contribution in [0.25, 0.3) is 10.2 Å². The van der Waals surface area contributed by atoms with Crippen LogP contribution in [0, 0.1) is 30.9 Å². The highest BCUT2D eigenvalue weighted by atomic mass is 32.1. The zero-order valence-electron chi connectivity index (χ0n) is 15.1. The predicted molar refractivity (Wildman–Crippen MR) is 104 cm³/mol. The standard InChI is InChI=1S/C18H18N4O4S/c1-10-4-5-13(8-14(10)22(25)26)20-15(23)6-7-21-9-19-17-16(18(21)24)11(2)12(3)27-17/h4-5,8-9H,6-7H2,1-3H3,(H,20,23). The van der Waals surface area contributed by atoms with Crippen LogP contribution in [0.2, 0.25) is 0 Å². The number of fused-ring (bicyclic) bond motifs is 1. The monoisotopic (exact) mass is 386 g/mol. The van der Waals surface area contributed by atoms with E-state index >= 15 is 0 Å². The minimum Gasteiger partial charge on any atom is -0.326 e. The molecule has 8 nitrogen and oxygen atoms in total. The molecule has 0 radical (unpaired) electrons. The number of nitro benzene ring substituents is 1. The van der Waals surface area contributed by atoms with E-state index in [2.05, 4.69) is 10.3 Å². The van der Waals surface area contributed by atoms with Gasteiger partial charge in [0, 0.05) is 35.2 Å². The Morgan fingerprint density at radius 3 is 2.78 bits per heavy atom. The van der Waals surface area contributed by atoms with Crippen LogP contribution in [-0.4, -0.2) is 20.4 Å². The van der Waals surface area contributed by atoms with Gasteiger partial charge in [-0.3, -0.25) is 24.3 Å². The van der Waals surface area contributed by atoms with Crippen LogP contribution in [0.4, 0.5) is 11.4 Å². The van der Waals surface area contributed by atoms with Gasteiger partial charge >= 0.3 is 0 Å². The van der Waals surface area contributed by atoms with Gasteiger partial charge in [0.05, 0.1) is 16.6 Å². The van der Waals surface area contributed by atoms with Crippen LogP contribution in [0.15, 0.2) is 29.3 Å². The highest BCUT2D eigenvalue weighted by Gasteiger charge is 2.14. The second-order valence-corrected chi connectivity index (χ2v) is 7.47. The Balaban J connectivity index is 1.73. The topological polar surface area (TPSA) is 107 Å². The van der Waals surface area contributed by atoms with E-state index in [0.29, 0.717) is 21.5 Å². The number of carbonyl (C=O) groups excluding carboxylic acids is 1. The summed E-state index contributed by atoms with van der Waals surface area (Å²) in [4.78, 5) is 41.3. The van der Waals surface area contributed by atoms with Crippen molar-refractivity contribution in [3.05, 3.63) is 61.0 Å². The first-order valence-electron chi connectivity index (χ1n) is 8.28. The molecule has 0 saturated heterocycles. The zero-order valence-corrected chi connectivity index (χ0v) is 15.9. The summed E-state index contributed by atoms with van der Waals surface area (Å²) in [6.07, 6.45) is 1.50. The number of hydrogen-bond donors (Lipinski definition) is 1. The van der Waals surface area contributed by atoms with Crippen LogP contribution in [0.1, 0.15) is 22.4 Å². The molecular formula is C18H18N4O4S. The predicted octanol–water partition coefficient (Wildman–Crippen LogP) is 3.32. The third-order valence-corrected chi connectivity index (χ3v) is 5.54. The normalized spacial score (nSPS) is 10.9. The average molecular weight is 386 g/mol. The molecule has 0 aliphatic rings. The van der Waals surface area contributed by atoms with Crippen LogP contribution < -0.4 is 10.9 Å². The quantitative estimate of drug-likeness (QED) is 0.535. The number of rotatable bonds is 5. The van der Waals surface area contributed by atoms with Crippen LogP contribution in [-0.2, 0) is 11.3 Å². The Morgan fingerprint density at radius 2 is 2.07 bits per heavy atom. The molecule has 140 valence electrons. The number of thiophene rings is 1. The van der Waals surface area contributed by atoms with Gasteiger partial charge in [-0.25, -0.2) is 4.98 Å². The second-order valence-electron chi connectivity index (χ2n) is 6.26. The molecule has 0 aliphatic heterocycles. The number of nitrogens with zero attached hydrogens (tertiary/aromatic N) is 3. The summed E-state index contributed by atoms with van der Waals surface area (Å²) in [6, 6.07) is 4.51. The van der Waals surface area contributed by atoms with E-state index in [1.54, 1.807) is 19.1 Å². The Morgan fingerprint density at radius 1 is 1.33 bits per heavy atom. The van der Waals surface area contributed by atoms with E-state index < -0.39 is 4.92 Å². The van der Waals surface area contributed by atoms with Crippen molar-refractivity contribution < 1.29 is 9.72 Å². The summed E-state index contributed by atoms with van der Waals surface area (Å²) in [6.45, 7) is 5.64. The Labute approximate surface area is 158 Å². The summed E-state index contributed by atoms with van der Waals surface area (Å²) in [5.74, 6) is -0.335. The van der Waals surface area contributed by atoms with Crippen LogP contribution >= 0.6 is 11.3 Å². The van der Waals surface area contributed by atoms with Gasteiger partial charge in [0.25, 0.3) is 11.2 Å². The first-order valence-corrected chi connectivity index (χ1v) is 9.09. The lowest BCUT2D eigenvalue weighted by molar-refractivity contribution is -0.385. The van der Waals surface area contributed by atoms with E-state index in [1.807, 2.05) is 13.8 Å². The molecule has 0 fully saturated rings. The molecule has 9 heteroatoms. The molecule has 1 aromatic carbocycles. The number of amides is 1. The molecule has 27 heavy (non-hydrogen) atoms. The van der Waals surface area contributed by atoms with E-state index in [4.69, 9.17) is 0 Å². The van der Waals surface area contributed by atoms with Gasteiger partial charge in [0.2, 0.25) is 5.91 Å². The molecule has 1 N–H and O–H groups in total. The Hall–Kier alpha value is -3.07. The molecule has 0 spiro atoms. The first-order chi connectivity index (χ1) is 12.8. The lowest BCUT2D eigenvalue weighted by Crippen LogP contribution is -2.23. The lowest BCUT2D eigenvalue weighted by atomic mass is 10.2. The number of aromatic nitrogens is 2. The van der Waals surface area contributed by atoms with Gasteiger partial charge < -0.3 is 5.32 Å². The molecule has 0 bridgehead atoms. The molecular weight excluding hydrogens is 368 g/mol. The van der Waals surface area contributed by atoms with Crippen molar-refractivity contribution in [3.63, 3.8) is 0 Å². The fourth-order valence-electron chi connectivity index (χ4n) is 2.76. The van der Waals surface area contributed by atoms with Crippen LogP contribution in [0.5, 0.6) is 0 Å². The number of aryl methyl sites for hydroxylation is 4. The molecule has 2 aromatic heterocycles. The molecule has 3 aromatic rings. The van der Waals surface area contributed by atoms with Crippen molar-refractivity contribution in [3.8, 4) is 0 Å². The molecule has 0 aliphatic carbocycles. The van der Waals surface area contributed by atoms with E-state index in [9.17, 15) is 19.7 Å². The summed E-state index contributed by atoms with van der Waals surface area (Å²) in [5.41, 5.74) is 1.56. The van der Waals surface area contributed by atoms with Crippen molar-refractivity contribution in [2.45, 2.75) is 33.7 Å². The molecule has 3 rings (SSSR count). The number of nitrogens with one attached hydrogen (secondary N) is 1. The first kappa shape index (κ1) is 18.7. The van der Waals surface area contributed by atoms with E-state index in [1.165, 1.54) is 28.3 Å². The maximum atomic E-state index is 12.6. The van der Waals surface area contributed by atoms with Gasteiger partial charge in [-0.1, -0.05) is 6.07 Å². The maximum Gasteiger partial charge on any atom is 0.274 e. The SMILES string of the molecule is Cc1ccc(NC(=O)CCn2cnc3sc(C)c(C)c3c2=O)cc1[N+](=O)[O-]. The van der Waals surface area contributed by atoms with Gasteiger partial charge in [-0.2, -0.15) is 0 Å². The highest BCUT2D eigenvalue weighted by molar-refractivity contribution is 7.18. The minimum absolute atomic E-state index is 0.0525. The molecule has 1 amide bonds. The van der Waals surface area contributed by atoms with Crippen molar-refractivity contribution in [1.82, 2.24) is 9.55 Å². The Kier molecular flexibility index (Phi) is 5.04. The van der Waals surface area contributed by atoms with E-state index in [-0.39, 0.29) is 30.1 Å². The van der Waals surface area contributed by atoms with E-state index in [0.717, 1.165) is 10.4 Å². The fourth-order valence-corrected chi connectivity index (χ4v) is 3.75. The smallest absolute Gasteiger partial charge is 0.274 e. The third-order valence-electron chi connectivity index (χ3n) is 4.43. The second kappa shape index (κ2) is 7.28. The summed E-state index contributed by atoms with van der Waals surface area (Å²) in [5, 5.41) is 14.2. The van der Waals surface area contributed by atoms with Crippen molar-refractivity contribution in [2.24, 2.45) is 0 Å². The van der Waals surface area contributed by atoms with Crippen molar-refractivity contribution in [2.75, 3.05) is 5.32 Å². The Bertz CT molecular complexity index is 1120. The summed E-state index contributed by atoms with van der Waals surface area (Å²) in [7, 11) is 0. The molecule has 0 atom stereocenters. The number of benzene rings is 1. The summed E-state index contributed by atoms with van der Waals surface area (Å²) < 4.78 is 1.42. The lowest BCUT2D eigenvalue weighted by Gasteiger charge is -2.08. The summed E-state index contributed by atoms with van der Waals surface area (Å²) >= 11 is 1.47. The third kappa shape index (κ3) is 3.72. The maximum absolute atomic E-state index is 12.6. The number of hydrogen-bond acceptors (Lipinski definition) is 6. The highest BCUT2D eigenvalue weighted by Crippen LogP contribution is 2.25. The molecule has 0 saturated carbocycles. The molecule has 2 heterocycles. The zero-order chi connectivity index (χ0) is 19.7. The van der Waals surface area contributed by atoms with Crippen LogP contribution in [0.3, 0.4) is 0 Å². The average Bonchev–Trinajstić information content (AvgIpc) is 2.91. The number of carbonyl (C=O) groups is 1. The largest absolute Gasteiger partial charge is 0.326 e. The van der Waals surface area contributed by atoms with Gasteiger partial charge in [-0.15, -0.1) is 11.3 Å². The van der Waals surface area contributed by atoms with Gasteiger partial charge in [0.15, 0.2) is 0 Å². The number of anilines is 1.